The highest BCUT2D eigenvalue weighted by Gasteiger charge is 2.26. The molecule has 0 fully saturated rings. The van der Waals surface area contributed by atoms with Crippen LogP contribution in [-0.4, -0.2) is 30.7 Å². The Morgan fingerprint density at radius 1 is 1.40 bits per heavy atom. The van der Waals surface area contributed by atoms with Crippen molar-refractivity contribution in [2.45, 2.75) is 19.8 Å². The van der Waals surface area contributed by atoms with E-state index < -0.39 is 10.9 Å². The van der Waals surface area contributed by atoms with Gasteiger partial charge in [0.1, 0.15) is 12.4 Å². The zero-order valence-electron chi connectivity index (χ0n) is 11.3. The summed E-state index contributed by atoms with van der Waals surface area (Å²) in [5.41, 5.74) is 4.83. The van der Waals surface area contributed by atoms with Crippen molar-refractivity contribution in [1.29, 1.82) is 0 Å². The molecule has 0 atom stereocenters. The highest BCUT2D eigenvalue weighted by molar-refractivity contribution is 5.97. The summed E-state index contributed by atoms with van der Waals surface area (Å²) >= 11 is 0. The van der Waals surface area contributed by atoms with Crippen LogP contribution in [0.3, 0.4) is 0 Å². The number of unbranched alkanes of at least 4 members (excludes halogenated alkanes) is 1. The number of hydrogen-bond acceptors (Lipinski definition) is 6. The van der Waals surface area contributed by atoms with Crippen molar-refractivity contribution in [3.8, 4) is 5.75 Å². The van der Waals surface area contributed by atoms with Gasteiger partial charge in [0.05, 0.1) is 11.5 Å². The molecule has 7 heteroatoms. The zero-order valence-corrected chi connectivity index (χ0v) is 11.3. The van der Waals surface area contributed by atoms with Crippen molar-refractivity contribution in [1.82, 2.24) is 0 Å². The van der Waals surface area contributed by atoms with E-state index in [-0.39, 0.29) is 36.8 Å². The highest BCUT2D eigenvalue weighted by atomic mass is 16.6. The third-order valence-electron chi connectivity index (χ3n) is 2.51. The van der Waals surface area contributed by atoms with Gasteiger partial charge in [-0.1, -0.05) is 19.4 Å². The lowest BCUT2D eigenvalue weighted by Gasteiger charge is -2.10. The molecular formula is C13H18N2O5. The van der Waals surface area contributed by atoms with Gasteiger partial charge in [0.2, 0.25) is 0 Å². The predicted octanol–water partition coefficient (Wildman–Crippen LogP) is 1.89. The topological polar surface area (TPSA) is 105 Å². The number of nitro groups is 1. The number of carbonyl (C=O) groups is 1. The monoisotopic (exact) mass is 282 g/mol. The molecule has 20 heavy (non-hydrogen) atoms. The molecule has 0 bridgehead atoms. The first-order chi connectivity index (χ1) is 9.61. The summed E-state index contributed by atoms with van der Waals surface area (Å²) in [5.74, 6) is -0.635. The molecule has 0 radical (unpaired) electrons. The minimum absolute atomic E-state index is 0.117. The number of rotatable bonds is 8. The van der Waals surface area contributed by atoms with E-state index in [2.05, 4.69) is 0 Å². The predicted molar refractivity (Wildman–Crippen MR) is 72.8 cm³/mol. The molecule has 7 nitrogen and oxygen atoms in total. The van der Waals surface area contributed by atoms with Crippen LogP contribution in [-0.2, 0) is 4.74 Å². The molecule has 0 aliphatic carbocycles. The number of nitrogens with two attached hydrogens (primary N) is 1. The number of benzene rings is 1. The first kappa shape index (κ1) is 15.9. The van der Waals surface area contributed by atoms with E-state index in [4.69, 9.17) is 15.2 Å². The lowest BCUT2D eigenvalue weighted by Crippen LogP contribution is -2.15. The van der Waals surface area contributed by atoms with Crippen LogP contribution in [0.25, 0.3) is 0 Å². The Kier molecular flexibility index (Phi) is 6.45. The van der Waals surface area contributed by atoms with Gasteiger partial charge in [0.15, 0.2) is 5.56 Å². The Hall–Kier alpha value is -2.15. The second-order valence-electron chi connectivity index (χ2n) is 4.03. The smallest absolute Gasteiger partial charge is 0.349 e. The second-order valence-corrected chi connectivity index (χ2v) is 4.03. The third kappa shape index (κ3) is 4.20. The number of nitrogens with zero attached hydrogens (tertiary/aromatic N) is 1. The van der Waals surface area contributed by atoms with Gasteiger partial charge in [-0.05, 0) is 12.5 Å². The van der Waals surface area contributed by atoms with E-state index >= 15 is 0 Å². The standard InChI is InChI=1S/C13H18N2O5/c1-2-3-8-20-13(16)12-10(15(17)18)5-4-6-11(12)19-9-7-14/h4-6H,2-3,7-9,14H2,1H3. The average molecular weight is 282 g/mol. The van der Waals surface area contributed by atoms with E-state index in [9.17, 15) is 14.9 Å². The van der Waals surface area contributed by atoms with Crippen LogP contribution in [0.4, 0.5) is 5.69 Å². The van der Waals surface area contributed by atoms with E-state index in [1.807, 2.05) is 6.92 Å². The molecule has 0 aliphatic rings. The number of hydrogen-bond donors (Lipinski definition) is 1. The molecule has 0 saturated carbocycles. The minimum atomic E-state index is -0.752. The van der Waals surface area contributed by atoms with Gasteiger partial charge in [0.25, 0.3) is 5.69 Å². The zero-order chi connectivity index (χ0) is 15.0. The van der Waals surface area contributed by atoms with Crippen LogP contribution in [0, 0.1) is 10.1 Å². The molecule has 1 aromatic carbocycles. The van der Waals surface area contributed by atoms with Gasteiger partial charge in [-0.15, -0.1) is 0 Å². The van der Waals surface area contributed by atoms with Crippen molar-refractivity contribution in [2.75, 3.05) is 19.8 Å². The fourth-order valence-corrected chi connectivity index (χ4v) is 1.55. The molecule has 0 spiro atoms. The molecule has 0 unspecified atom stereocenters. The minimum Gasteiger partial charge on any atom is -0.491 e. The first-order valence-electron chi connectivity index (χ1n) is 6.39. The van der Waals surface area contributed by atoms with Crippen molar-refractivity contribution >= 4 is 11.7 Å². The fourth-order valence-electron chi connectivity index (χ4n) is 1.55. The van der Waals surface area contributed by atoms with Crippen LogP contribution >= 0.6 is 0 Å². The Balaban J connectivity index is 3.03. The molecule has 1 rings (SSSR count). The summed E-state index contributed by atoms with van der Waals surface area (Å²) in [6.45, 7) is 2.58. The second kappa shape index (κ2) is 8.11. The summed E-state index contributed by atoms with van der Waals surface area (Å²) in [7, 11) is 0. The SMILES string of the molecule is CCCCOC(=O)c1c(OCCN)cccc1[N+](=O)[O-]. The van der Waals surface area contributed by atoms with Gasteiger partial charge >= 0.3 is 5.97 Å². The lowest BCUT2D eigenvalue weighted by atomic mass is 10.1. The molecule has 0 aromatic heterocycles. The fraction of sp³-hybridized carbons (Fsp3) is 0.462. The van der Waals surface area contributed by atoms with Gasteiger partial charge in [-0.2, -0.15) is 0 Å². The Morgan fingerprint density at radius 3 is 2.75 bits per heavy atom. The quantitative estimate of drug-likeness (QED) is 0.338. The summed E-state index contributed by atoms with van der Waals surface area (Å²) in [6.07, 6.45) is 1.56. The van der Waals surface area contributed by atoms with Crippen LogP contribution < -0.4 is 10.5 Å². The molecule has 0 aliphatic heterocycles. The van der Waals surface area contributed by atoms with E-state index in [1.54, 1.807) is 0 Å². The molecule has 0 saturated heterocycles. The summed E-state index contributed by atoms with van der Waals surface area (Å²) < 4.78 is 10.3. The van der Waals surface area contributed by atoms with Gasteiger partial charge in [-0.25, -0.2) is 4.79 Å². The van der Waals surface area contributed by atoms with Crippen LogP contribution in [0.5, 0.6) is 5.75 Å². The van der Waals surface area contributed by atoms with Gasteiger partial charge < -0.3 is 15.2 Å². The Morgan fingerprint density at radius 2 is 2.15 bits per heavy atom. The van der Waals surface area contributed by atoms with E-state index in [1.165, 1.54) is 18.2 Å². The largest absolute Gasteiger partial charge is 0.491 e. The first-order valence-corrected chi connectivity index (χ1v) is 6.39. The maximum Gasteiger partial charge on any atom is 0.349 e. The molecule has 110 valence electrons. The maximum atomic E-state index is 12.0. The Labute approximate surface area is 116 Å². The lowest BCUT2D eigenvalue weighted by molar-refractivity contribution is -0.385. The number of carbonyl (C=O) groups excluding carboxylic acids is 1. The van der Waals surface area contributed by atoms with Crippen molar-refractivity contribution in [2.24, 2.45) is 5.73 Å². The van der Waals surface area contributed by atoms with Crippen LogP contribution in [0.2, 0.25) is 0 Å². The Bertz CT molecular complexity index is 476. The summed E-state index contributed by atoms with van der Waals surface area (Å²) in [4.78, 5) is 22.4. The highest BCUT2D eigenvalue weighted by Crippen LogP contribution is 2.29. The van der Waals surface area contributed by atoms with Crippen molar-refractivity contribution in [3.05, 3.63) is 33.9 Å². The third-order valence-corrected chi connectivity index (χ3v) is 2.51. The van der Waals surface area contributed by atoms with Gasteiger partial charge in [-0.3, -0.25) is 10.1 Å². The van der Waals surface area contributed by atoms with E-state index in [0.29, 0.717) is 6.42 Å². The molecular weight excluding hydrogens is 264 g/mol. The number of nitro benzene ring substituents is 1. The van der Waals surface area contributed by atoms with Crippen LogP contribution in [0.1, 0.15) is 30.1 Å². The normalized spacial score (nSPS) is 10.1. The van der Waals surface area contributed by atoms with Gasteiger partial charge in [0, 0.05) is 12.6 Å². The molecule has 0 heterocycles. The summed E-state index contributed by atoms with van der Waals surface area (Å²) in [6, 6.07) is 4.18. The average Bonchev–Trinajstić information content (AvgIpc) is 2.44. The number of ether oxygens (including phenoxy) is 2. The van der Waals surface area contributed by atoms with Crippen LogP contribution in [0.15, 0.2) is 18.2 Å². The van der Waals surface area contributed by atoms with Crippen molar-refractivity contribution in [3.63, 3.8) is 0 Å². The molecule has 1 aromatic rings. The summed E-state index contributed by atoms with van der Waals surface area (Å²) in [5, 5.41) is 11.0. The number of esters is 1. The maximum absolute atomic E-state index is 12.0. The molecule has 2 N–H and O–H groups in total. The van der Waals surface area contributed by atoms with E-state index in [0.717, 1.165) is 6.42 Å². The van der Waals surface area contributed by atoms with Crippen molar-refractivity contribution < 1.29 is 19.2 Å². The molecule has 0 amide bonds.